The Morgan fingerprint density at radius 1 is 1.21 bits per heavy atom. The van der Waals surface area contributed by atoms with E-state index in [0.29, 0.717) is 11.8 Å². The number of hydrogen-bond donors (Lipinski definition) is 1. The van der Waals surface area contributed by atoms with Crippen molar-refractivity contribution < 1.29 is 9.53 Å². The predicted octanol–water partition coefficient (Wildman–Crippen LogP) is 1.31. The van der Waals surface area contributed by atoms with Crippen LogP contribution in [0.5, 0.6) is 0 Å². The molecular weight excluding hydrogens is 178 g/mol. The zero-order chi connectivity index (χ0) is 10.1. The van der Waals surface area contributed by atoms with E-state index in [0.717, 1.165) is 6.42 Å². The number of esters is 1. The highest BCUT2D eigenvalue weighted by Crippen LogP contribution is 2.47. The molecule has 0 aromatic rings. The smallest absolute Gasteiger partial charge is 0.310 e. The van der Waals surface area contributed by atoms with Crippen LogP contribution in [0, 0.1) is 17.8 Å². The molecule has 3 nitrogen and oxygen atoms in total. The van der Waals surface area contributed by atoms with Crippen LogP contribution >= 0.6 is 0 Å². The molecule has 0 unspecified atom stereocenters. The van der Waals surface area contributed by atoms with Gasteiger partial charge in [0.25, 0.3) is 0 Å². The third kappa shape index (κ3) is 1.44. The molecule has 0 aromatic carbocycles. The van der Waals surface area contributed by atoms with Gasteiger partial charge in [-0.15, -0.1) is 0 Å². The number of carbonyl (C=O) groups is 1. The summed E-state index contributed by atoms with van der Waals surface area (Å²) < 4.78 is 4.80. The summed E-state index contributed by atoms with van der Waals surface area (Å²) in [7, 11) is 1.46. The van der Waals surface area contributed by atoms with Crippen LogP contribution in [0.25, 0.3) is 0 Å². The lowest BCUT2D eigenvalue weighted by Crippen LogP contribution is -2.59. The molecule has 0 spiro atoms. The topological polar surface area (TPSA) is 52.3 Å². The zero-order valence-corrected chi connectivity index (χ0v) is 8.74. The van der Waals surface area contributed by atoms with E-state index in [1.54, 1.807) is 0 Å². The van der Waals surface area contributed by atoms with Gasteiger partial charge in [0, 0.05) is 6.04 Å². The van der Waals surface area contributed by atoms with E-state index in [1.807, 2.05) is 0 Å². The second-order valence-electron chi connectivity index (χ2n) is 4.59. The minimum Gasteiger partial charge on any atom is -0.469 e. The Hall–Kier alpha value is -0.570. The molecule has 2 saturated carbocycles. The normalized spacial score (nSPS) is 41.9. The molecular formula is C11H19NO2. The molecule has 0 aromatic heterocycles. The second kappa shape index (κ2) is 3.89. The van der Waals surface area contributed by atoms with Gasteiger partial charge < -0.3 is 10.5 Å². The molecule has 4 atom stereocenters. The summed E-state index contributed by atoms with van der Waals surface area (Å²) in [5.41, 5.74) is 6.02. The predicted molar refractivity (Wildman–Crippen MR) is 53.5 cm³/mol. The van der Waals surface area contributed by atoms with Gasteiger partial charge in [0.15, 0.2) is 0 Å². The molecule has 0 aliphatic heterocycles. The van der Waals surface area contributed by atoms with Crippen molar-refractivity contribution in [2.75, 3.05) is 7.11 Å². The molecule has 0 bridgehead atoms. The maximum atomic E-state index is 11.5. The SMILES string of the molecule is COC(=O)[C@@H]1[C@H](N)[C@@H]2CCCCC[C@@H]21. The van der Waals surface area contributed by atoms with Crippen molar-refractivity contribution in [2.45, 2.75) is 38.1 Å². The molecule has 2 N–H and O–H groups in total. The van der Waals surface area contributed by atoms with Crippen molar-refractivity contribution in [3.63, 3.8) is 0 Å². The molecule has 0 amide bonds. The van der Waals surface area contributed by atoms with Gasteiger partial charge in [0.05, 0.1) is 13.0 Å². The van der Waals surface area contributed by atoms with Gasteiger partial charge in [0.1, 0.15) is 0 Å². The van der Waals surface area contributed by atoms with Gasteiger partial charge in [-0.3, -0.25) is 4.79 Å². The summed E-state index contributed by atoms with van der Waals surface area (Å²) in [5.74, 6) is 0.991. The summed E-state index contributed by atoms with van der Waals surface area (Å²) in [5, 5.41) is 0. The van der Waals surface area contributed by atoms with Crippen molar-refractivity contribution in [3.05, 3.63) is 0 Å². The summed E-state index contributed by atoms with van der Waals surface area (Å²) in [6, 6.07) is 0.0607. The Labute approximate surface area is 85.0 Å². The highest BCUT2D eigenvalue weighted by Gasteiger charge is 2.52. The first-order chi connectivity index (χ1) is 6.75. The molecule has 0 radical (unpaired) electrons. The first kappa shape index (κ1) is 9.97. The van der Waals surface area contributed by atoms with Crippen LogP contribution in [0.15, 0.2) is 0 Å². The van der Waals surface area contributed by atoms with Crippen LogP contribution in [0.1, 0.15) is 32.1 Å². The molecule has 2 aliphatic rings. The molecule has 80 valence electrons. The first-order valence-corrected chi connectivity index (χ1v) is 5.59. The van der Waals surface area contributed by atoms with Gasteiger partial charge in [-0.05, 0) is 24.7 Å². The maximum absolute atomic E-state index is 11.5. The van der Waals surface area contributed by atoms with E-state index in [1.165, 1.54) is 32.8 Å². The van der Waals surface area contributed by atoms with Gasteiger partial charge in [-0.2, -0.15) is 0 Å². The lowest BCUT2D eigenvalue weighted by atomic mass is 9.59. The first-order valence-electron chi connectivity index (χ1n) is 5.59. The van der Waals surface area contributed by atoms with Crippen LogP contribution < -0.4 is 5.73 Å². The molecule has 0 saturated heterocycles. The Morgan fingerprint density at radius 3 is 2.50 bits per heavy atom. The number of methoxy groups -OCH3 is 1. The Bertz CT molecular complexity index is 229. The average Bonchev–Trinajstić information content (AvgIpc) is 2.40. The summed E-state index contributed by atoms with van der Waals surface area (Å²) in [4.78, 5) is 11.5. The van der Waals surface area contributed by atoms with E-state index in [9.17, 15) is 4.79 Å². The van der Waals surface area contributed by atoms with Crippen molar-refractivity contribution in [1.82, 2.24) is 0 Å². The number of hydrogen-bond acceptors (Lipinski definition) is 3. The Balaban J connectivity index is 2.03. The minimum absolute atomic E-state index is 0.0110. The van der Waals surface area contributed by atoms with E-state index in [-0.39, 0.29) is 17.9 Å². The van der Waals surface area contributed by atoms with Gasteiger partial charge in [-0.1, -0.05) is 19.3 Å². The molecule has 3 heteroatoms. The Kier molecular flexibility index (Phi) is 2.77. The monoisotopic (exact) mass is 197 g/mol. The number of rotatable bonds is 1. The number of carbonyl (C=O) groups excluding carboxylic acids is 1. The molecule has 2 fully saturated rings. The van der Waals surface area contributed by atoms with Crippen molar-refractivity contribution in [3.8, 4) is 0 Å². The van der Waals surface area contributed by atoms with Crippen molar-refractivity contribution >= 4 is 5.97 Å². The standard InChI is InChI=1S/C11H19NO2/c1-14-11(13)9-7-5-3-2-4-6-8(7)10(9)12/h7-10H,2-6,12H2,1H3/t7-,8+,9-,10+/m0/s1. The second-order valence-corrected chi connectivity index (χ2v) is 4.59. The number of fused-ring (bicyclic) bond motifs is 1. The van der Waals surface area contributed by atoms with E-state index in [2.05, 4.69) is 0 Å². The summed E-state index contributed by atoms with van der Waals surface area (Å²) in [6.07, 6.45) is 6.20. The molecule has 2 rings (SSSR count). The molecule has 2 aliphatic carbocycles. The lowest BCUT2D eigenvalue weighted by molar-refractivity contribution is -0.157. The minimum atomic E-state index is -0.0966. The van der Waals surface area contributed by atoms with Crippen LogP contribution in [0.4, 0.5) is 0 Å². The zero-order valence-electron chi connectivity index (χ0n) is 8.74. The van der Waals surface area contributed by atoms with Crippen LogP contribution in [-0.4, -0.2) is 19.1 Å². The Morgan fingerprint density at radius 2 is 1.86 bits per heavy atom. The summed E-state index contributed by atoms with van der Waals surface area (Å²) >= 11 is 0. The van der Waals surface area contributed by atoms with E-state index in [4.69, 9.17) is 10.5 Å². The fourth-order valence-corrected chi connectivity index (χ4v) is 3.16. The molecule has 0 heterocycles. The highest BCUT2D eigenvalue weighted by molar-refractivity contribution is 5.75. The fourth-order valence-electron chi connectivity index (χ4n) is 3.16. The van der Waals surface area contributed by atoms with Crippen LogP contribution in [0.3, 0.4) is 0 Å². The van der Waals surface area contributed by atoms with E-state index >= 15 is 0 Å². The number of ether oxygens (including phenoxy) is 1. The fraction of sp³-hybridized carbons (Fsp3) is 0.909. The van der Waals surface area contributed by atoms with Crippen molar-refractivity contribution in [2.24, 2.45) is 23.5 Å². The lowest BCUT2D eigenvalue weighted by Gasteiger charge is -2.48. The van der Waals surface area contributed by atoms with Gasteiger partial charge in [-0.25, -0.2) is 0 Å². The van der Waals surface area contributed by atoms with Crippen LogP contribution in [0.2, 0.25) is 0 Å². The third-order valence-electron chi connectivity index (χ3n) is 3.97. The van der Waals surface area contributed by atoms with Gasteiger partial charge in [0.2, 0.25) is 0 Å². The third-order valence-corrected chi connectivity index (χ3v) is 3.97. The maximum Gasteiger partial charge on any atom is 0.310 e. The number of nitrogens with two attached hydrogens (primary N) is 1. The van der Waals surface area contributed by atoms with Gasteiger partial charge >= 0.3 is 5.97 Å². The largest absolute Gasteiger partial charge is 0.469 e. The quantitative estimate of drug-likeness (QED) is 0.645. The van der Waals surface area contributed by atoms with Crippen molar-refractivity contribution in [1.29, 1.82) is 0 Å². The van der Waals surface area contributed by atoms with E-state index < -0.39 is 0 Å². The highest BCUT2D eigenvalue weighted by atomic mass is 16.5. The average molecular weight is 197 g/mol. The summed E-state index contributed by atoms with van der Waals surface area (Å²) in [6.45, 7) is 0. The molecule has 14 heavy (non-hydrogen) atoms. The van der Waals surface area contributed by atoms with Crippen LogP contribution in [-0.2, 0) is 9.53 Å².